The number of ether oxygens (including phenoxy) is 2. The van der Waals surface area contributed by atoms with E-state index in [0.29, 0.717) is 26.3 Å². The first-order valence-electron chi connectivity index (χ1n) is 7.88. The van der Waals surface area contributed by atoms with E-state index >= 15 is 0 Å². The van der Waals surface area contributed by atoms with E-state index in [9.17, 15) is 18.0 Å². The fourth-order valence-electron chi connectivity index (χ4n) is 2.42. The van der Waals surface area contributed by atoms with Crippen molar-refractivity contribution in [3.8, 4) is 5.75 Å². The number of nitrogens with zero attached hydrogens (tertiary/aromatic N) is 2. The molecule has 1 aliphatic heterocycles. The van der Waals surface area contributed by atoms with Gasteiger partial charge in [0.1, 0.15) is 17.4 Å². The molecule has 0 spiro atoms. The fraction of sp³-hybridized carbons (Fsp3) is 0.294. The van der Waals surface area contributed by atoms with E-state index in [0.717, 1.165) is 12.1 Å². The Morgan fingerprint density at radius 1 is 1.15 bits per heavy atom. The molecular formula is C17H16F3N3O3. The van der Waals surface area contributed by atoms with Crippen LogP contribution in [0.2, 0.25) is 0 Å². The maximum atomic E-state index is 13.2. The zero-order chi connectivity index (χ0) is 18.6. The summed E-state index contributed by atoms with van der Waals surface area (Å²) in [6, 6.07) is 9.92. The van der Waals surface area contributed by atoms with Gasteiger partial charge in [-0.1, -0.05) is 18.2 Å². The van der Waals surface area contributed by atoms with E-state index < -0.39 is 17.8 Å². The number of hydrogen-bond donors (Lipinski definition) is 1. The number of para-hydroxylation sites is 1. The van der Waals surface area contributed by atoms with Gasteiger partial charge in [-0.15, -0.1) is 0 Å². The molecule has 2 heterocycles. The lowest BCUT2D eigenvalue weighted by Gasteiger charge is -2.28. The van der Waals surface area contributed by atoms with Crippen LogP contribution in [0.15, 0.2) is 42.5 Å². The molecule has 0 saturated carbocycles. The molecule has 1 saturated heterocycles. The second-order valence-electron chi connectivity index (χ2n) is 5.52. The van der Waals surface area contributed by atoms with Crippen LogP contribution >= 0.6 is 0 Å². The van der Waals surface area contributed by atoms with Gasteiger partial charge in [-0.25, -0.2) is 9.78 Å². The minimum Gasteiger partial charge on any atom is -0.410 e. The zero-order valence-electron chi connectivity index (χ0n) is 13.6. The number of rotatable bonds is 3. The van der Waals surface area contributed by atoms with E-state index in [1.807, 2.05) is 0 Å². The molecule has 6 nitrogen and oxygen atoms in total. The van der Waals surface area contributed by atoms with Crippen LogP contribution in [0, 0.1) is 0 Å². The van der Waals surface area contributed by atoms with Crippen molar-refractivity contribution in [1.29, 1.82) is 0 Å². The Morgan fingerprint density at radius 2 is 1.85 bits per heavy atom. The van der Waals surface area contributed by atoms with Gasteiger partial charge in [-0.05, 0) is 24.3 Å². The van der Waals surface area contributed by atoms with Crippen molar-refractivity contribution in [2.24, 2.45) is 0 Å². The van der Waals surface area contributed by atoms with Crippen LogP contribution in [0.4, 0.5) is 29.6 Å². The van der Waals surface area contributed by atoms with Gasteiger partial charge in [-0.2, -0.15) is 13.2 Å². The number of morpholine rings is 1. The first kappa shape index (κ1) is 18.0. The summed E-state index contributed by atoms with van der Waals surface area (Å²) in [6.07, 6.45) is -5.49. The predicted molar refractivity (Wildman–Crippen MR) is 88.4 cm³/mol. The summed E-state index contributed by atoms with van der Waals surface area (Å²) in [5.74, 6) is 0.158. The summed E-state index contributed by atoms with van der Waals surface area (Å²) < 4.78 is 49.8. The molecule has 1 N–H and O–H groups in total. The molecule has 0 bridgehead atoms. The molecule has 1 aromatic carbocycles. The number of anilines is 2. The molecule has 0 unspecified atom stereocenters. The van der Waals surface area contributed by atoms with Crippen molar-refractivity contribution in [3.05, 3.63) is 48.0 Å². The number of benzene rings is 1. The van der Waals surface area contributed by atoms with E-state index in [4.69, 9.17) is 9.47 Å². The van der Waals surface area contributed by atoms with Gasteiger partial charge in [0.2, 0.25) is 0 Å². The summed E-state index contributed by atoms with van der Waals surface area (Å²) >= 11 is 0. The Morgan fingerprint density at radius 3 is 2.50 bits per heavy atom. The van der Waals surface area contributed by atoms with Crippen LogP contribution in [-0.4, -0.2) is 37.4 Å². The normalized spacial score (nSPS) is 14.8. The number of hydrogen-bond acceptors (Lipinski definition) is 5. The molecule has 1 amide bonds. The standard InChI is InChI=1S/C17H16F3N3O3/c18-17(19,20)12-10-14(21-15(11-12)23-6-8-25-9-7-23)22-16(24)26-13-4-2-1-3-5-13/h1-5,10-11H,6-9H2,(H,21,22,24). The molecule has 1 aliphatic rings. The van der Waals surface area contributed by atoms with Gasteiger partial charge in [0.25, 0.3) is 0 Å². The Bertz CT molecular complexity index is 763. The summed E-state index contributed by atoms with van der Waals surface area (Å²) in [4.78, 5) is 17.7. The first-order valence-corrected chi connectivity index (χ1v) is 7.88. The summed E-state index contributed by atoms with van der Waals surface area (Å²) in [5, 5.41) is 2.25. The molecule has 138 valence electrons. The van der Waals surface area contributed by atoms with Crippen molar-refractivity contribution in [2.75, 3.05) is 36.5 Å². The van der Waals surface area contributed by atoms with Crippen molar-refractivity contribution in [3.63, 3.8) is 0 Å². The fourth-order valence-corrected chi connectivity index (χ4v) is 2.42. The highest BCUT2D eigenvalue weighted by atomic mass is 19.4. The Labute approximate surface area is 147 Å². The Balaban J connectivity index is 1.81. The van der Waals surface area contributed by atoms with Gasteiger partial charge in [0, 0.05) is 13.1 Å². The van der Waals surface area contributed by atoms with Gasteiger partial charge >= 0.3 is 12.3 Å². The third kappa shape index (κ3) is 4.63. The predicted octanol–water partition coefficient (Wildman–Crippen LogP) is 3.55. The zero-order valence-corrected chi connectivity index (χ0v) is 13.6. The van der Waals surface area contributed by atoms with Crippen LogP contribution in [-0.2, 0) is 10.9 Å². The van der Waals surface area contributed by atoms with Crippen molar-refractivity contribution in [2.45, 2.75) is 6.18 Å². The minimum atomic E-state index is -4.57. The average Bonchev–Trinajstić information content (AvgIpc) is 2.62. The van der Waals surface area contributed by atoms with Crippen molar-refractivity contribution >= 4 is 17.7 Å². The Kier molecular flexibility index (Phi) is 5.27. The lowest BCUT2D eigenvalue weighted by Crippen LogP contribution is -2.37. The van der Waals surface area contributed by atoms with E-state index in [-0.39, 0.29) is 17.4 Å². The lowest BCUT2D eigenvalue weighted by molar-refractivity contribution is -0.137. The largest absolute Gasteiger partial charge is 0.418 e. The van der Waals surface area contributed by atoms with Crippen LogP contribution in [0.1, 0.15) is 5.56 Å². The van der Waals surface area contributed by atoms with Gasteiger partial charge in [0.15, 0.2) is 0 Å². The number of amides is 1. The van der Waals surface area contributed by atoms with Gasteiger partial charge < -0.3 is 14.4 Å². The minimum absolute atomic E-state index is 0.123. The highest BCUT2D eigenvalue weighted by Gasteiger charge is 2.32. The van der Waals surface area contributed by atoms with Crippen LogP contribution < -0.4 is 15.0 Å². The number of halogens is 3. The average molecular weight is 367 g/mol. The van der Waals surface area contributed by atoms with E-state index in [2.05, 4.69) is 10.3 Å². The number of pyridine rings is 1. The molecule has 2 aromatic rings. The van der Waals surface area contributed by atoms with E-state index in [1.54, 1.807) is 35.2 Å². The molecule has 3 rings (SSSR count). The summed E-state index contributed by atoms with van der Waals surface area (Å²) in [6.45, 7) is 1.64. The monoisotopic (exact) mass is 367 g/mol. The SMILES string of the molecule is O=C(Nc1cc(C(F)(F)F)cc(N2CCOCC2)n1)Oc1ccccc1. The molecule has 26 heavy (non-hydrogen) atoms. The molecule has 9 heteroatoms. The highest BCUT2D eigenvalue weighted by Crippen LogP contribution is 2.33. The maximum Gasteiger partial charge on any atom is 0.418 e. The van der Waals surface area contributed by atoms with E-state index in [1.165, 1.54) is 0 Å². The van der Waals surface area contributed by atoms with Crippen LogP contribution in [0.25, 0.3) is 0 Å². The summed E-state index contributed by atoms with van der Waals surface area (Å²) in [7, 11) is 0. The molecular weight excluding hydrogens is 351 g/mol. The second kappa shape index (κ2) is 7.61. The molecule has 0 atom stereocenters. The molecule has 0 radical (unpaired) electrons. The Hall–Kier alpha value is -2.81. The second-order valence-corrected chi connectivity index (χ2v) is 5.52. The smallest absolute Gasteiger partial charge is 0.410 e. The number of carbonyl (C=O) groups excluding carboxylic acids is 1. The third-order valence-electron chi connectivity index (χ3n) is 3.66. The lowest BCUT2D eigenvalue weighted by atomic mass is 10.2. The number of carbonyl (C=O) groups is 1. The number of nitrogens with one attached hydrogen (secondary N) is 1. The molecule has 1 aromatic heterocycles. The topological polar surface area (TPSA) is 63.7 Å². The maximum absolute atomic E-state index is 13.2. The van der Waals surface area contributed by atoms with Crippen LogP contribution in [0.3, 0.4) is 0 Å². The van der Waals surface area contributed by atoms with Gasteiger partial charge in [0.05, 0.1) is 18.8 Å². The van der Waals surface area contributed by atoms with Crippen LogP contribution in [0.5, 0.6) is 5.75 Å². The quantitative estimate of drug-likeness (QED) is 0.899. The summed E-state index contributed by atoms with van der Waals surface area (Å²) in [5.41, 5.74) is -0.899. The molecule has 1 fully saturated rings. The van der Waals surface area contributed by atoms with Gasteiger partial charge in [-0.3, -0.25) is 5.32 Å². The number of aromatic nitrogens is 1. The number of alkyl halides is 3. The van der Waals surface area contributed by atoms with Crippen molar-refractivity contribution in [1.82, 2.24) is 4.98 Å². The first-order chi connectivity index (χ1) is 12.4. The third-order valence-corrected chi connectivity index (χ3v) is 3.66. The van der Waals surface area contributed by atoms with Crippen molar-refractivity contribution < 1.29 is 27.4 Å². The molecule has 0 aliphatic carbocycles. The highest BCUT2D eigenvalue weighted by molar-refractivity contribution is 5.85.